The Morgan fingerprint density at radius 3 is 2.50 bits per heavy atom. The maximum Gasteiger partial charge on any atom is 0.287 e. The van der Waals surface area contributed by atoms with Gasteiger partial charge in [0.25, 0.3) is 11.8 Å². The Labute approximate surface area is 163 Å². The van der Waals surface area contributed by atoms with Gasteiger partial charge in [0.15, 0.2) is 0 Å². The lowest BCUT2D eigenvalue weighted by molar-refractivity contribution is -0.0567. The van der Waals surface area contributed by atoms with Crippen molar-refractivity contribution < 1.29 is 13.6 Å². The van der Waals surface area contributed by atoms with Crippen LogP contribution in [0.1, 0.15) is 54.8 Å². The average molecular weight is 388 g/mol. The fourth-order valence-electron chi connectivity index (χ4n) is 4.38. The van der Waals surface area contributed by atoms with Gasteiger partial charge in [-0.1, -0.05) is 6.07 Å². The molecule has 1 N–H and O–H groups in total. The molecule has 0 aromatic carbocycles. The number of aromatic nitrogens is 2. The van der Waals surface area contributed by atoms with Crippen molar-refractivity contribution in [3.05, 3.63) is 35.9 Å². The highest BCUT2D eigenvalue weighted by Gasteiger charge is 2.42. The Morgan fingerprint density at radius 2 is 1.86 bits per heavy atom. The van der Waals surface area contributed by atoms with Gasteiger partial charge < -0.3 is 5.32 Å². The number of halogens is 2. The third-order valence-electron chi connectivity index (χ3n) is 6.35. The Hall–Kier alpha value is -2.02. The van der Waals surface area contributed by atoms with Gasteiger partial charge in [-0.3, -0.25) is 14.1 Å². The number of likely N-dealkylation sites (tertiary alicyclic amines) is 1. The van der Waals surface area contributed by atoms with Crippen LogP contribution < -0.4 is 5.32 Å². The van der Waals surface area contributed by atoms with Gasteiger partial charge in [-0.05, 0) is 49.7 Å². The molecule has 0 radical (unpaired) electrons. The van der Waals surface area contributed by atoms with E-state index in [9.17, 15) is 13.6 Å². The molecule has 0 atom stereocenters. The van der Waals surface area contributed by atoms with Crippen molar-refractivity contribution in [2.75, 3.05) is 13.1 Å². The molecule has 3 aliphatic rings. The highest BCUT2D eigenvalue weighted by atomic mass is 19.3. The number of alkyl halides is 2. The number of hydrogen-bond acceptors (Lipinski definition) is 3. The van der Waals surface area contributed by atoms with Gasteiger partial charge >= 0.3 is 0 Å². The molecule has 5 nitrogen and oxygen atoms in total. The van der Waals surface area contributed by atoms with E-state index in [1.165, 1.54) is 25.7 Å². The van der Waals surface area contributed by atoms with Crippen LogP contribution in [0.25, 0.3) is 5.52 Å². The molecule has 1 saturated heterocycles. The molecule has 2 saturated carbocycles. The Balaban J connectivity index is 1.36. The molecule has 2 aromatic heterocycles. The Morgan fingerprint density at radius 1 is 1.18 bits per heavy atom. The second-order valence-electron chi connectivity index (χ2n) is 8.64. The first-order chi connectivity index (χ1) is 13.5. The predicted octanol–water partition coefficient (Wildman–Crippen LogP) is 3.48. The van der Waals surface area contributed by atoms with Gasteiger partial charge in [-0.2, -0.15) is 0 Å². The van der Waals surface area contributed by atoms with Crippen molar-refractivity contribution in [3.8, 4) is 0 Å². The number of nitrogens with zero attached hydrogens (tertiary/aromatic N) is 3. The standard InChI is InChI=1S/C21H26F2N4O/c22-21(23)8-11-26(12-9-21)13-16-17-3-1-2-10-27(17)19(24-16)20(28)25-18(14-4-5-14)15-6-7-15/h1-3,10,14-15,18H,4-9,11-13H2,(H,25,28). The fraction of sp³-hybridized carbons (Fsp3) is 0.619. The molecular formula is C21H26F2N4O. The van der Waals surface area contributed by atoms with Crippen LogP contribution in [0.2, 0.25) is 0 Å². The van der Waals surface area contributed by atoms with Crippen molar-refractivity contribution >= 4 is 11.4 Å². The SMILES string of the molecule is O=C(NC(C1CC1)C1CC1)c1nc(CN2CCC(F)(F)CC2)c2ccccn12. The number of amides is 1. The molecule has 2 aromatic rings. The summed E-state index contributed by atoms with van der Waals surface area (Å²) >= 11 is 0. The number of carbonyl (C=O) groups is 1. The minimum atomic E-state index is -2.56. The van der Waals surface area contributed by atoms with Crippen molar-refractivity contribution in [1.82, 2.24) is 19.6 Å². The van der Waals surface area contributed by atoms with Crippen LogP contribution in [0.15, 0.2) is 24.4 Å². The van der Waals surface area contributed by atoms with Gasteiger partial charge in [-0.15, -0.1) is 0 Å². The first-order valence-electron chi connectivity index (χ1n) is 10.4. The number of carbonyl (C=O) groups excluding carboxylic acids is 1. The second kappa shape index (κ2) is 6.79. The van der Waals surface area contributed by atoms with Crippen molar-refractivity contribution in [2.45, 2.75) is 57.0 Å². The number of pyridine rings is 1. The highest BCUT2D eigenvalue weighted by Crippen LogP contribution is 2.44. The van der Waals surface area contributed by atoms with Crippen LogP contribution in [-0.4, -0.2) is 45.2 Å². The molecule has 1 amide bonds. The zero-order valence-corrected chi connectivity index (χ0v) is 15.9. The van der Waals surface area contributed by atoms with E-state index in [0.717, 1.165) is 11.2 Å². The topological polar surface area (TPSA) is 49.6 Å². The van der Waals surface area contributed by atoms with Crippen LogP contribution >= 0.6 is 0 Å². The highest BCUT2D eigenvalue weighted by molar-refractivity contribution is 5.92. The van der Waals surface area contributed by atoms with E-state index in [1.54, 1.807) is 0 Å². The van der Waals surface area contributed by atoms with Crippen molar-refractivity contribution in [1.29, 1.82) is 0 Å². The van der Waals surface area contributed by atoms with Gasteiger partial charge in [0.2, 0.25) is 5.82 Å². The van der Waals surface area contributed by atoms with Gasteiger partial charge in [0.05, 0.1) is 11.2 Å². The number of imidazole rings is 1. The summed E-state index contributed by atoms with van der Waals surface area (Å²) in [7, 11) is 0. The third kappa shape index (κ3) is 3.64. The Kier molecular flexibility index (Phi) is 4.38. The molecule has 0 unspecified atom stereocenters. The first kappa shape index (κ1) is 18.0. The van der Waals surface area contributed by atoms with Gasteiger partial charge in [0, 0.05) is 44.7 Å². The largest absolute Gasteiger partial charge is 0.346 e. The van der Waals surface area contributed by atoms with Crippen LogP contribution in [0.4, 0.5) is 8.78 Å². The average Bonchev–Trinajstić information content (AvgIpc) is 3.59. The van der Waals surface area contributed by atoms with E-state index in [4.69, 9.17) is 0 Å². The van der Waals surface area contributed by atoms with E-state index in [2.05, 4.69) is 10.3 Å². The molecule has 28 heavy (non-hydrogen) atoms. The quantitative estimate of drug-likeness (QED) is 0.824. The summed E-state index contributed by atoms with van der Waals surface area (Å²) < 4.78 is 28.7. The van der Waals surface area contributed by atoms with E-state index in [-0.39, 0.29) is 24.8 Å². The molecule has 2 aliphatic carbocycles. The zero-order valence-electron chi connectivity index (χ0n) is 15.9. The lowest BCUT2D eigenvalue weighted by atomic mass is 10.1. The molecule has 1 aliphatic heterocycles. The molecule has 3 heterocycles. The zero-order chi connectivity index (χ0) is 19.3. The van der Waals surface area contributed by atoms with Crippen LogP contribution in [-0.2, 0) is 6.54 Å². The lowest BCUT2D eigenvalue weighted by Gasteiger charge is -2.31. The summed E-state index contributed by atoms with van der Waals surface area (Å²) in [5.74, 6) is -1.03. The third-order valence-corrected chi connectivity index (χ3v) is 6.35. The normalized spacial score (nSPS) is 22.7. The van der Waals surface area contributed by atoms with E-state index in [0.29, 0.717) is 37.3 Å². The molecule has 3 fully saturated rings. The predicted molar refractivity (Wildman–Crippen MR) is 101 cm³/mol. The van der Waals surface area contributed by atoms with Crippen molar-refractivity contribution in [3.63, 3.8) is 0 Å². The maximum atomic E-state index is 13.4. The number of rotatable bonds is 6. The summed E-state index contributed by atoms with van der Waals surface area (Å²) in [5, 5.41) is 3.24. The summed E-state index contributed by atoms with van der Waals surface area (Å²) in [6.07, 6.45) is 6.44. The lowest BCUT2D eigenvalue weighted by Crippen LogP contribution is -2.39. The van der Waals surface area contributed by atoms with E-state index >= 15 is 0 Å². The summed E-state index contributed by atoms with van der Waals surface area (Å²) in [5.41, 5.74) is 1.66. The fourth-order valence-corrected chi connectivity index (χ4v) is 4.38. The van der Waals surface area contributed by atoms with E-state index in [1.807, 2.05) is 33.7 Å². The van der Waals surface area contributed by atoms with Crippen LogP contribution in [0, 0.1) is 11.8 Å². The summed E-state index contributed by atoms with van der Waals surface area (Å²) in [4.78, 5) is 19.7. The molecular weight excluding hydrogens is 362 g/mol. The van der Waals surface area contributed by atoms with Gasteiger partial charge in [0.1, 0.15) is 0 Å². The maximum absolute atomic E-state index is 13.4. The van der Waals surface area contributed by atoms with E-state index < -0.39 is 5.92 Å². The number of piperidine rings is 1. The molecule has 5 rings (SSSR count). The van der Waals surface area contributed by atoms with Crippen LogP contribution in [0.5, 0.6) is 0 Å². The number of nitrogens with one attached hydrogen (secondary N) is 1. The summed E-state index contributed by atoms with van der Waals surface area (Å²) in [6.45, 7) is 1.20. The minimum Gasteiger partial charge on any atom is -0.346 e. The van der Waals surface area contributed by atoms with Crippen molar-refractivity contribution in [2.24, 2.45) is 11.8 Å². The summed E-state index contributed by atoms with van der Waals surface area (Å²) in [6, 6.07) is 6.02. The number of fused-ring (bicyclic) bond motifs is 1. The number of hydrogen-bond donors (Lipinski definition) is 1. The first-order valence-corrected chi connectivity index (χ1v) is 10.4. The van der Waals surface area contributed by atoms with Crippen LogP contribution in [0.3, 0.4) is 0 Å². The second-order valence-corrected chi connectivity index (χ2v) is 8.64. The monoisotopic (exact) mass is 388 g/mol. The molecule has 0 bridgehead atoms. The smallest absolute Gasteiger partial charge is 0.287 e. The Bertz CT molecular complexity index is 866. The molecule has 150 valence electrons. The molecule has 0 spiro atoms. The molecule has 7 heteroatoms. The van der Waals surface area contributed by atoms with Gasteiger partial charge in [-0.25, -0.2) is 13.8 Å². The minimum absolute atomic E-state index is 0.114.